The number of aromatic nitrogens is 3. The first-order valence-electron chi connectivity index (χ1n) is 6.20. The van der Waals surface area contributed by atoms with Gasteiger partial charge in [-0.2, -0.15) is 10.1 Å². The van der Waals surface area contributed by atoms with Gasteiger partial charge >= 0.3 is 0 Å². The van der Waals surface area contributed by atoms with Crippen LogP contribution >= 0.6 is 0 Å². The highest BCUT2D eigenvalue weighted by Crippen LogP contribution is 2.24. The van der Waals surface area contributed by atoms with Crippen LogP contribution in [0.2, 0.25) is 0 Å². The summed E-state index contributed by atoms with van der Waals surface area (Å²) >= 11 is 0. The lowest BCUT2D eigenvalue weighted by Crippen LogP contribution is -2.34. The van der Waals surface area contributed by atoms with Gasteiger partial charge in [-0.15, -0.1) is 0 Å². The molecule has 2 N–H and O–H groups in total. The number of carbonyl (C=O) groups is 1. The molecule has 0 spiro atoms. The molecule has 0 fully saturated rings. The van der Waals surface area contributed by atoms with Crippen molar-refractivity contribution in [2.24, 2.45) is 13.0 Å². The van der Waals surface area contributed by atoms with E-state index in [1.807, 2.05) is 24.3 Å². The Morgan fingerprint density at radius 1 is 1.47 bits per heavy atom. The molecule has 98 valence electrons. The molecule has 6 heteroatoms. The second kappa shape index (κ2) is 4.72. The van der Waals surface area contributed by atoms with Crippen molar-refractivity contribution < 1.29 is 4.79 Å². The summed E-state index contributed by atoms with van der Waals surface area (Å²) in [6, 6.07) is 8.06. The number of benzene rings is 1. The average molecular weight is 257 g/mol. The van der Waals surface area contributed by atoms with Gasteiger partial charge in [0.15, 0.2) is 0 Å². The van der Waals surface area contributed by atoms with Gasteiger partial charge in [-0.3, -0.25) is 10.1 Å². The molecule has 1 aromatic carbocycles. The zero-order chi connectivity index (χ0) is 13.2. The van der Waals surface area contributed by atoms with Crippen molar-refractivity contribution in [3.05, 3.63) is 36.2 Å². The van der Waals surface area contributed by atoms with Crippen LogP contribution in [0.4, 0.5) is 11.6 Å². The van der Waals surface area contributed by atoms with Crippen LogP contribution in [0.25, 0.3) is 0 Å². The average Bonchev–Trinajstić information content (AvgIpc) is 2.84. The van der Waals surface area contributed by atoms with E-state index >= 15 is 0 Å². The first-order valence-corrected chi connectivity index (χ1v) is 6.20. The third-order valence-corrected chi connectivity index (χ3v) is 3.34. The van der Waals surface area contributed by atoms with Crippen molar-refractivity contribution in [1.82, 2.24) is 14.8 Å². The number of nitrogens with one attached hydrogen (secondary N) is 2. The summed E-state index contributed by atoms with van der Waals surface area (Å²) in [5.41, 5.74) is 2.29. The molecule has 1 atom stereocenters. The summed E-state index contributed by atoms with van der Waals surface area (Å²) in [6.07, 6.45) is 2.16. The van der Waals surface area contributed by atoms with Crippen molar-refractivity contribution in [1.29, 1.82) is 0 Å². The largest absolute Gasteiger partial charge is 0.384 e. The van der Waals surface area contributed by atoms with Crippen LogP contribution in [0, 0.1) is 5.92 Å². The van der Waals surface area contributed by atoms with Gasteiger partial charge in [0.05, 0.1) is 5.92 Å². The van der Waals surface area contributed by atoms with Crippen LogP contribution in [0.5, 0.6) is 0 Å². The van der Waals surface area contributed by atoms with Gasteiger partial charge in [-0.1, -0.05) is 18.2 Å². The van der Waals surface area contributed by atoms with Gasteiger partial charge in [0.1, 0.15) is 6.33 Å². The van der Waals surface area contributed by atoms with Crippen LogP contribution in [-0.2, 0) is 18.3 Å². The van der Waals surface area contributed by atoms with Crippen LogP contribution in [0.3, 0.4) is 0 Å². The Labute approximate surface area is 110 Å². The molecule has 1 aliphatic heterocycles. The molecule has 0 bridgehead atoms. The highest BCUT2D eigenvalue weighted by molar-refractivity contribution is 5.92. The van der Waals surface area contributed by atoms with Crippen molar-refractivity contribution >= 4 is 17.5 Å². The molecule has 1 amide bonds. The van der Waals surface area contributed by atoms with Gasteiger partial charge in [0.2, 0.25) is 11.9 Å². The van der Waals surface area contributed by atoms with Crippen molar-refractivity contribution in [3.63, 3.8) is 0 Å². The summed E-state index contributed by atoms with van der Waals surface area (Å²) in [4.78, 5) is 16.2. The number of para-hydroxylation sites is 1. The fraction of sp³-hybridized carbons (Fsp3) is 0.308. The topological polar surface area (TPSA) is 71.8 Å². The maximum absolute atomic E-state index is 12.2. The Kier molecular flexibility index (Phi) is 2.91. The zero-order valence-corrected chi connectivity index (χ0v) is 10.6. The fourth-order valence-electron chi connectivity index (χ4n) is 2.25. The summed E-state index contributed by atoms with van der Waals surface area (Å²) in [7, 11) is 1.75. The number of hydrogen-bond donors (Lipinski definition) is 2. The number of amides is 1. The van der Waals surface area contributed by atoms with E-state index in [9.17, 15) is 4.79 Å². The van der Waals surface area contributed by atoms with Crippen LogP contribution in [0.1, 0.15) is 5.56 Å². The Morgan fingerprint density at radius 3 is 3.11 bits per heavy atom. The number of carbonyl (C=O) groups excluding carboxylic acids is 1. The second-order valence-electron chi connectivity index (χ2n) is 4.64. The monoisotopic (exact) mass is 257 g/mol. The minimum absolute atomic E-state index is 0.0295. The highest BCUT2D eigenvalue weighted by Gasteiger charge is 2.25. The first-order chi connectivity index (χ1) is 9.24. The van der Waals surface area contributed by atoms with Gasteiger partial charge in [-0.05, 0) is 18.1 Å². The van der Waals surface area contributed by atoms with Gasteiger partial charge in [0, 0.05) is 19.3 Å². The summed E-state index contributed by atoms with van der Waals surface area (Å²) < 4.78 is 1.54. The lowest BCUT2D eigenvalue weighted by Gasteiger charge is -2.25. The van der Waals surface area contributed by atoms with E-state index in [0.717, 1.165) is 12.1 Å². The molecule has 1 unspecified atom stereocenters. The normalized spacial score (nSPS) is 17.4. The molecule has 0 saturated heterocycles. The quantitative estimate of drug-likeness (QED) is 0.843. The second-order valence-corrected chi connectivity index (χ2v) is 4.64. The maximum Gasteiger partial charge on any atom is 0.231 e. The number of fused-ring (bicyclic) bond motifs is 1. The molecule has 6 nitrogen and oxygen atoms in total. The molecule has 1 aliphatic rings. The van der Waals surface area contributed by atoms with Crippen molar-refractivity contribution in [2.75, 3.05) is 17.2 Å². The van der Waals surface area contributed by atoms with Crippen molar-refractivity contribution in [3.8, 4) is 0 Å². The van der Waals surface area contributed by atoms with Gasteiger partial charge in [0.25, 0.3) is 0 Å². The lowest BCUT2D eigenvalue weighted by atomic mass is 9.93. The lowest BCUT2D eigenvalue weighted by molar-refractivity contribution is -0.119. The van der Waals surface area contributed by atoms with E-state index in [2.05, 4.69) is 20.7 Å². The molecule has 2 heterocycles. The molecule has 2 aromatic rings. The zero-order valence-electron chi connectivity index (χ0n) is 10.6. The first kappa shape index (κ1) is 11.7. The molecule has 3 rings (SSSR count). The number of hydrogen-bond acceptors (Lipinski definition) is 4. The Hall–Kier alpha value is -2.37. The maximum atomic E-state index is 12.2. The van der Waals surface area contributed by atoms with E-state index < -0.39 is 0 Å². The van der Waals surface area contributed by atoms with Crippen LogP contribution < -0.4 is 10.6 Å². The molecule has 1 aromatic heterocycles. The minimum atomic E-state index is -0.0911. The van der Waals surface area contributed by atoms with Gasteiger partial charge in [-0.25, -0.2) is 4.68 Å². The predicted molar refractivity (Wildman–Crippen MR) is 71.8 cm³/mol. The Balaban J connectivity index is 1.71. The minimum Gasteiger partial charge on any atom is -0.384 e. The molecule has 0 saturated carbocycles. The Bertz CT molecular complexity index is 607. The third kappa shape index (κ3) is 2.29. The number of nitrogens with zero attached hydrogens (tertiary/aromatic N) is 3. The number of rotatable bonds is 2. The number of aryl methyl sites for hydroxylation is 1. The smallest absolute Gasteiger partial charge is 0.231 e. The highest BCUT2D eigenvalue weighted by atomic mass is 16.2. The van der Waals surface area contributed by atoms with Crippen LogP contribution in [0.15, 0.2) is 30.6 Å². The van der Waals surface area contributed by atoms with Gasteiger partial charge < -0.3 is 5.32 Å². The molecule has 0 aliphatic carbocycles. The molecule has 19 heavy (non-hydrogen) atoms. The van der Waals surface area contributed by atoms with E-state index in [-0.39, 0.29) is 11.8 Å². The molecular formula is C13H15N5O. The van der Waals surface area contributed by atoms with E-state index in [0.29, 0.717) is 12.5 Å². The Morgan fingerprint density at radius 2 is 2.32 bits per heavy atom. The summed E-state index contributed by atoms with van der Waals surface area (Å²) in [6.45, 7) is 0.640. The third-order valence-electron chi connectivity index (χ3n) is 3.34. The summed E-state index contributed by atoms with van der Waals surface area (Å²) in [5, 5.41) is 10.0. The van der Waals surface area contributed by atoms with Crippen molar-refractivity contribution in [2.45, 2.75) is 6.42 Å². The van der Waals surface area contributed by atoms with E-state index in [1.54, 1.807) is 11.7 Å². The van der Waals surface area contributed by atoms with E-state index in [1.165, 1.54) is 11.9 Å². The van der Waals surface area contributed by atoms with E-state index in [4.69, 9.17) is 0 Å². The predicted octanol–water partition coefficient (Wildman–Crippen LogP) is 1.04. The standard InChI is InChI=1S/C13H15N5O/c1-18-13(15-8-16-18)17-12(19)10-6-9-4-2-3-5-11(9)14-7-10/h2-5,8,10,14H,6-7H2,1H3,(H,15,16,17,19). The summed E-state index contributed by atoms with van der Waals surface area (Å²) in [5.74, 6) is 0.355. The van der Waals surface area contributed by atoms with Crippen LogP contribution in [-0.4, -0.2) is 27.2 Å². The number of anilines is 2. The fourth-order valence-corrected chi connectivity index (χ4v) is 2.25. The molecular weight excluding hydrogens is 242 g/mol. The SMILES string of the molecule is Cn1ncnc1NC(=O)C1CNc2ccccc2C1. The molecule has 0 radical (unpaired) electrons.